The third-order valence-corrected chi connectivity index (χ3v) is 4.75. The lowest BCUT2D eigenvalue weighted by molar-refractivity contribution is 0.105. The average molecular weight is 276 g/mol. The molecule has 0 aliphatic carbocycles. The van der Waals surface area contributed by atoms with Gasteiger partial charge in [-0.2, -0.15) is 0 Å². The molecule has 0 amide bonds. The van der Waals surface area contributed by atoms with Crippen LogP contribution in [0.1, 0.15) is 40.5 Å². The van der Waals surface area contributed by atoms with Crippen LogP contribution in [0.4, 0.5) is 0 Å². The predicted octanol–water partition coefficient (Wildman–Crippen LogP) is 3.78. The third-order valence-electron chi connectivity index (χ3n) is 3.65. The second-order valence-corrected chi connectivity index (χ2v) is 6.85. The Kier molecular flexibility index (Phi) is 5.11. The SMILES string of the molecule is CC(CBr)CN1CCC(C(C)(C)C)CC1. The van der Waals surface area contributed by atoms with Crippen LogP contribution >= 0.6 is 15.9 Å². The Labute approximate surface area is 104 Å². The van der Waals surface area contributed by atoms with E-state index in [0.29, 0.717) is 5.41 Å². The Morgan fingerprint density at radius 2 is 1.80 bits per heavy atom. The summed E-state index contributed by atoms with van der Waals surface area (Å²) in [5, 5.41) is 1.13. The van der Waals surface area contributed by atoms with Gasteiger partial charge in [-0.3, -0.25) is 0 Å². The molecule has 0 aromatic rings. The first kappa shape index (κ1) is 13.5. The zero-order valence-corrected chi connectivity index (χ0v) is 12.3. The van der Waals surface area contributed by atoms with Gasteiger partial charge in [0.25, 0.3) is 0 Å². The molecule has 2 heteroatoms. The molecular formula is C13H26BrN. The Bertz CT molecular complexity index is 177. The van der Waals surface area contributed by atoms with Crippen LogP contribution in [0.15, 0.2) is 0 Å². The summed E-state index contributed by atoms with van der Waals surface area (Å²) in [7, 11) is 0. The van der Waals surface area contributed by atoms with E-state index in [2.05, 4.69) is 48.5 Å². The molecule has 1 fully saturated rings. The lowest BCUT2D eigenvalue weighted by atomic mass is 9.75. The molecule has 1 atom stereocenters. The van der Waals surface area contributed by atoms with Crippen molar-refractivity contribution in [2.45, 2.75) is 40.5 Å². The molecule has 1 unspecified atom stereocenters. The molecule has 0 bridgehead atoms. The van der Waals surface area contributed by atoms with Crippen molar-refractivity contribution in [1.82, 2.24) is 4.90 Å². The maximum absolute atomic E-state index is 3.56. The molecule has 1 aliphatic rings. The number of nitrogens with zero attached hydrogens (tertiary/aromatic N) is 1. The van der Waals surface area contributed by atoms with Crippen LogP contribution in [-0.2, 0) is 0 Å². The van der Waals surface area contributed by atoms with Crippen molar-refractivity contribution < 1.29 is 0 Å². The van der Waals surface area contributed by atoms with E-state index >= 15 is 0 Å². The minimum absolute atomic E-state index is 0.507. The fourth-order valence-corrected chi connectivity index (χ4v) is 2.68. The van der Waals surface area contributed by atoms with E-state index in [1.807, 2.05) is 0 Å². The lowest BCUT2D eigenvalue weighted by Gasteiger charge is -2.39. The van der Waals surface area contributed by atoms with E-state index in [4.69, 9.17) is 0 Å². The number of rotatable bonds is 3. The zero-order valence-electron chi connectivity index (χ0n) is 10.7. The minimum Gasteiger partial charge on any atom is -0.303 e. The van der Waals surface area contributed by atoms with Gasteiger partial charge in [0.2, 0.25) is 0 Å². The molecular weight excluding hydrogens is 250 g/mol. The van der Waals surface area contributed by atoms with Crippen molar-refractivity contribution in [2.24, 2.45) is 17.3 Å². The number of hydrogen-bond donors (Lipinski definition) is 0. The maximum Gasteiger partial charge on any atom is 0.00692 e. The molecule has 90 valence electrons. The maximum atomic E-state index is 3.56. The van der Waals surface area contributed by atoms with E-state index in [1.165, 1.54) is 32.5 Å². The second-order valence-electron chi connectivity index (χ2n) is 6.20. The highest BCUT2D eigenvalue weighted by Crippen LogP contribution is 2.34. The van der Waals surface area contributed by atoms with E-state index in [0.717, 1.165) is 17.2 Å². The summed E-state index contributed by atoms with van der Waals surface area (Å²) < 4.78 is 0. The average Bonchev–Trinajstić information content (AvgIpc) is 2.17. The predicted molar refractivity (Wildman–Crippen MR) is 71.6 cm³/mol. The number of piperidine rings is 1. The van der Waals surface area contributed by atoms with Crippen LogP contribution in [-0.4, -0.2) is 29.9 Å². The molecule has 1 rings (SSSR count). The largest absolute Gasteiger partial charge is 0.303 e. The van der Waals surface area contributed by atoms with Gasteiger partial charge >= 0.3 is 0 Å². The van der Waals surface area contributed by atoms with E-state index in [1.54, 1.807) is 0 Å². The van der Waals surface area contributed by atoms with Crippen LogP contribution < -0.4 is 0 Å². The highest BCUT2D eigenvalue weighted by molar-refractivity contribution is 9.09. The van der Waals surface area contributed by atoms with Gasteiger partial charge in [-0.05, 0) is 43.2 Å². The topological polar surface area (TPSA) is 3.24 Å². The molecule has 0 N–H and O–H groups in total. The number of halogens is 1. The summed E-state index contributed by atoms with van der Waals surface area (Å²) in [6, 6.07) is 0. The highest BCUT2D eigenvalue weighted by Gasteiger charge is 2.28. The van der Waals surface area contributed by atoms with Gasteiger partial charge in [-0.25, -0.2) is 0 Å². The number of likely N-dealkylation sites (tertiary alicyclic amines) is 1. The Balaban J connectivity index is 2.30. The van der Waals surface area contributed by atoms with Crippen molar-refractivity contribution in [3.05, 3.63) is 0 Å². The smallest absolute Gasteiger partial charge is 0.00692 e. The van der Waals surface area contributed by atoms with Crippen molar-refractivity contribution in [3.8, 4) is 0 Å². The molecule has 1 heterocycles. The van der Waals surface area contributed by atoms with E-state index < -0.39 is 0 Å². The summed E-state index contributed by atoms with van der Waals surface area (Å²) in [5.41, 5.74) is 0.507. The van der Waals surface area contributed by atoms with Crippen molar-refractivity contribution in [2.75, 3.05) is 25.0 Å². The molecule has 0 spiro atoms. The first-order chi connectivity index (χ1) is 6.93. The molecule has 1 saturated heterocycles. The Hall–Kier alpha value is 0.440. The van der Waals surface area contributed by atoms with Crippen LogP contribution in [0.2, 0.25) is 0 Å². The van der Waals surface area contributed by atoms with Crippen molar-refractivity contribution in [1.29, 1.82) is 0 Å². The fourth-order valence-electron chi connectivity index (χ4n) is 2.47. The summed E-state index contributed by atoms with van der Waals surface area (Å²) in [4.78, 5) is 2.63. The van der Waals surface area contributed by atoms with Crippen LogP contribution in [0, 0.1) is 17.3 Å². The molecule has 0 aromatic heterocycles. The van der Waals surface area contributed by atoms with E-state index in [9.17, 15) is 0 Å². The standard InChI is InChI=1S/C13H26BrN/c1-11(9-14)10-15-7-5-12(6-8-15)13(2,3)4/h11-12H,5-10H2,1-4H3. The number of alkyl halides is 1. The van der Waals surface area contributed by atoms with Crippen molar-refractivity contribution in [3.63, 3.8) is 0 Å². The summed E-state index contributed by atoms with van der Waals surface area (Å²) in [6.45, 7) is 13.3. The van der Waals surface area contributed by atoms with Crippen LogP contribution in [0.25, 0.3) is 0 Å². The lowest BCUT2D eigenvalue weighted by Crippen LogP contribution is -2.40. The monoisotopic (exact) mass is 275 g/mol. The number of hydrogen-bond acceptors (Lipinski definition) is 1. The summed E-state index contributed by atoms with van der Waals surface area (Å²) >= 11 is 3.56. The van der Waals surface area contributed by atoms with Crippen molar-refractivity contribution >= 4 is 15.9 Å². The quantitative estimate of drug-likeness (QED) is 0.709. The molecule has 0 saturated carbocycles. The highest BCUT2D eigenvalue weighted by atomic mass is 79.9. The molecule has 0 aromatic carbocycles. The van der Waals surface area contributed by atoms with Gasteiger partial charge in [0, 0.05) is 11.9 Å². The third kappa shape index (κ3) is 4.44. The molecule has 15 heavy (non-hydrogen) atoms. The Morgan fingerprint density at radius 3 is 2.20 bits per heavy atom. The second kappa shape index (κ2) is 5.67. The van der Waals surface area contributed by atoms with Gasteiger partial charge < -0.3 is 4.90 Å². The summed E-state index contributed by atoms with van der Waals surface area (Å²) in [5.74, 6) is 1.71. The van der Waals surface area contributed by atoms with E-state index in [-0.39, 0.29) is 0 Å². The van der Waals surface area contributed by atoms with Crippen LogP contribution in [0.3, 0.4) is 0 Å². The van der Waals surface area contributed by atoms with Crippen LogP contribution in [0.5, 0.6) is 0 Å². The normalized spacial score (nSPS) is 23.0. The first-order valence-electron chi connectivity index (χ1n) is 6.21. The van der Waals surface area contributed by atoms with Gasteiger partial charge in [-0.1, -0.05) is 43.6 Å². The van der Waals surface area contributed by atoms with Gasteiger partial charge in [-0.15, -0.1) is 0 Å². The first-order valence-corrected chi connectivity index (χ1v) is 7.34. The molecule has 1 nitrogen and oxygen atoms in total. The zero-order chi connectivity index (χ0) is 11.5. The van der Waals surface area contributed by atoms with Gasteiger partial charge in [0.05, 0.1) is 0 Å². The molecule has 0 radical (unpaired) electrons. The fraction of sp³-hybridized carbons (Fsp3) is 1.00. The van der Waals surface area contributed by atoms with Gasteiger partial charge in [0.1, 0.15) is 0 Å². The Morgan fingerprint density at radius 1 is 1.27 bits per heavy atom. The van der Waals surface area contributed by atoms with Gasteiger partial charge in [0.15, 0.2) is 0 Å². The molecule has 1 aliphatic heterocycles. The summed E-state index contributed by atoms with van der Waals surface area (Å²) in [6.07, 6.45) is 2.77. The minimum atomic E-state index is 0.507.